The molecule has 0 spiro atoms. The lowest BCUT2D eigenvalue weighted by atomic mass is 10.2. The molecule has 1 aromatic heterocycles. The summed E-state index contributed by atoms with van der Waals surface area (Å²) >= 11 is 1.54. The van der Waals surface area contributed by atoms with E-state index in [0.29, 0.717) is 12.5 Å². The van der Waals surface area contributed by atoms with Gasteiger partial charge < -0.3 is 10.0 Å². The van der Waals surface area contributed by atoms with Gasteiger partial charge in [-0.1, -0.05) is 25.2 Å². The Morgan fingerprint density at radius 2 is 2.00 bits per heavy atom. The van der Waals surface area contributed by atoms with Crippen molar-refractivity contribution in [1.82, 2.24) is 10.2 Å². The number of aliphatic carboxylic acids is 1. The zero-order valence-corrected chi connectivity index (χ0v) is 11.5. The summed E-state index contributed by atoms with van der Waals surface area (Å²) in [5.74, 6) is -0.431. The van der Waals surface area contributed by atoms with Crippen LogP contribution in [0.2, 0.25) is 0 Å². The summed E-state index contributed by atoms with van der Waals surface area (Å²) in [5.41, 5.74) is 0. The van der Waals surface area contributed by atoms with Crippen molar-refractivity contribution >= 4 is 22.4 Å². The van der Waals surface area contributed by atoms with E-state index < -0.39 is 5.97 Å². The van der Waals surface area contributed by atoms with Gasteiger partial charge in [-0.05, 0) is 13.8 Å². The molecule has 1 N–H and O–H groups in total. The van der Waals surface area contributed by atoms with Gasteiger partial charge in [0.2, 0.25) is 5.13 Å². The molecule has 6 heteroatoms. The number of carboxylic acid groups (broad SMARTS) is 1. The van der Waals surface area contributed by atoms with Crippen molar-refractivity contribution in [3.63, 3.8) is 0 Å². The third-order valence-electron chi connectivity index (χ3n) is 2.36. The van der Waals surface area contributed by atoms with E-state index in [1.807, 2.05) is 18.7 Å². The van der Waals surface area contributed by atoms with E-state index in [0.717, 1.165) is 10.1 Å². The van der Waals surface area contributed by atoms with E-state index in [1.165, 1.54) is 11.3 Å². The van der Waals surface area contributed by atoms with Crippen LogP contribution in [0.5, 0.6) is 0 Å². The van der Waals surface area contributed by atoms with Crippen LogP contribution in [0.3, 0.4) is 0 Å². The topological polar surface area (TPSA) is 66.3 Å². The second-order valence-corrected chi connectivity index (χ2v) is 5.50. The second-order valence-electron chi connectivity index (χ2n) is 4.51. The van der Waals surface area contributed by atoms with Gasteiger partial charge in [0, 0.05) is 18.5 Å². The van der Waals surface area contributed by atoms with E-state index in [1.54, 1.807) is 0 Å². The monoisotopic (exact) mass is 257 g/mol. The summed E-state index contributed by atoms with van der Waals surface area (Å²) in [6.07, 6.45) is 0.120. The Kier molecular flexibility index (Phi) is 4.86. The fourth-order valence-corrected chi connectivity index (χ4v) is 2.37. The Balaban J connectivity index is 2.78. The number of rotatable bonds is 6. The molecule has 0 bridgehead atoms. The molecule has 0 saturated carbocycles. The highest BCUT2D eigenvalue weighted by Gasteiger charge is 2.17. The van der Waals surface area contributed by atoms with Crippen molar-refractivity contribution in [1.29, 1.82) is 0 Å². The molecule has 0 fully saturated rings. The Hall–Kier alpha value is -1.17. The Morgan fingerprint density at radius 1 is 1.35 bits per heavy atom. The summed E-state index contributed by atoms with van der Waals surface area (Å²) in [7, 11) is 0. The largest absolute Gasteiger partial charge is 0.481 e. The average molecular weight is 257 g/mol. The Bertz CT molecular complexity index is 377. The van der Waals surface area contributed by atoms with E-state index in [4.69, 9.17) is 5.11 Å². The molecule has 0 aliphatic heterocycles. The quantitative estimate of drug-likeness (QED) is 0.847. The van der Waals surface area contributed by atoms with E-state index in [2.05, 4.69) is 24.0 Å². The minimum Gasteiger partial charge on any atom is -0.481 e. The van der Waals surface area contributed by atoms with Crippen LogP contribution in [0, 0.1) is 0 Å². The van der Waals surface area contributed by atoms with Crippen molar-refractivity contribution < 1.29 is 9.90 Å². The second kappa shape index (κ2) is 5.95. The van der Waals surface area contributed by atoms with E-state index >= 15 is 0 Å². The van der Waals surface area contributed by atoms with Gasteiger partial charge in [-0.3, -0.25) is 4.79 Å². The third kappa shape index (κ3) is 3.96. The fourth-order valence-electron chi connectivity index (χ4n) is 1.37. The summed E-state index contributed by atoms with van der Waals surface area (Å²) in [4.78, 5) is 12.6. The molecule has 5 nitrogen and oxygen atoms in total. The maximum Gasteiger partial charge on any atom is 0.305 e. The number of nitrogens with zero attached hydrogens (tertiary/aromatic N) is 3. The molecule has 0 amide bonds. The summed E-state index contributed by atoms with van der Waals surface area (Å²) < 4.78 is 0. The highest BCUT2D eigenvalue weighted by atomic mass is 32.1. The number of carbonyl (C=O) groups is 1. The highest BCUT2D eigenvalue weighted by molar-refractivity contribution is 7.15. The van der Waals surface area contributed by atoms with Crippen LogP contribution in [0.25, 0.3) is 0 Å². The Morgan fingerprint density at radius 3 is 2.41 bits per heavy atom. The van der Waals surface area contributed by atoms with Crippen LogP contribution in [0.15, 0.2) is 0 Å². The zero-order chi connectivity index (χ0) is 13.0. The minimum absolute atomic E-state index is 0.120. The maximum atomic E-state index is 10.6. The maximum absolute atomic E-state index is 10.6. The van der Waals surface area contributed by atoms with Crippen LogP contribution >= 0.6 is 11.3 Å². The van der Waals surface area contributed by atoms with Crippen molar-refractivity contribution in [3.8, 4) is 0 Å². The SMILES string of the molecule is CC(C)c1nnc(N(CCC(=O)O)C(C)C)s1. The lowest BCUT2D eigenvalue weighted by Gasteiger charge is -2.24. The summed E-state index contributed by atoms with van der Waals surface area (Å²) in [6.45, 7) is 8.67. The fraction of sp³-hybridized carbons (Fsp3) is 0.727. The van der Waals surface area contributed by atoms with Crippen molar-refractivity contribution in [2.75, 3.05) is 11.4 Å². The molecule has 0 unspecified atom stereocenters. The number of carboxylic acids is 1. The predicted molar refractivity (Wildman–Crippen MR) is 68.7 cm³/mol. The van der Waals surface area contributed by atoms with E-state index in [9.17, 15) is 4.79 Å². The first-order chi connectivity index (χ1) is 7.91. The molecule has 0 aliphatic rings. The standard InChI is InChI=1S/C11H19N3O2S/c1-7(2)10-12-13-11(17-10)14(8(3)4)6-5-9(15)16/h7-8H,5-6H2,1-4H3,(H,15,16). The van der Waals surface area contributed by atoms with Gasteiger partial charge in [-0.2, -0.15) is 0 Å². The Labute approximate surface area is 105 Å². The minimum atomic E-state index is -0.788. The van der Waals surface area contributed by atoms with Gasteiger partial charge in [0.05, 0.1) is 6.42 Å². The first-order valence-electron chi connectivity index (χ1n) is 5.73. The third-order valence-corrected chi connectivity index (χ3v) is 3.62. The van der Waals surface area contributed by atoms with Crippen molar-refractivity contribution in [2.24, 2.45) is 0 Å². The molecule has 0 atom stereocenters. The van der Waals surface area contributed by atoms with Crippen LogP contribution in [0.1, 0.15) is 45.0 Å². The van der Waals surface area contributed by atoms with Gasteiger partial charge in [0.15, 0.2) is 0 Å². The first kappa shape index (κ1) is 13.9. The molecule has 1 rings (SSSR count). The van der Waals surface area contributed by atoms with E-state index in [-0.39, 0.29) is 12.5 Å². The predicted octanol–water partition coefficient (Wildman–Crippen LogP) is 2.35. The molecule has 1 heterocycles. The molecule has 1 aromatic rings. The van der Waals surface area contributed by atoms with Crippen LogP contribution in [0.4, 0.5) is 5.13 Å². The highest BCUT2D eigenvalue weighted by Crippen LogP contribution is 2.26. The van der Waals surface area contributed by atoms with Crippen molar-refractivity contribution in [2.45, 2.75) is 46.1 Å². The molecular weight excluding hydrogens is 238 g/mol. The summed E-state index contributed by atoms with van der Waals surface area (Å²) in [5, 5.41) is 18.8. The zero-order valence-electron chi connectivity index (χ0n) is 10.7. The number of aromatic nitrogens is 2. The van der Waals surface area contributed by atoms with Gasteiger partial charge >= 0.3 is 5.97 Å². The normalized spacial score (nSPS) is 11.2. The molecule has 0 saturated heterocycles. The van der Waals surface area contributed by atoms with Gasteiger partial charge in [0.1, 0.15) is 5.01 Å². The lowest BCUT2D eigenvalue weighted by Crippen LogP contribution is -2.32. The number of hydrogen-bond acceptors (Lipinski definition) is 5. The van der Waals surface area contributed by atoms with Gasteiger partial charge in [-0.15, -0.1) is 10.2 Å². The van der Waals surface area contributed by atoms with Crippen LogP contribution in [-0.4, -0.2) is 33.9 Å². The first-order valence-corrected chi connectivity index (χ1v) is 6.55. The van der Waals surface area contributed by atoms with Gasteiger partial charge in [-0.25, -0.2) is 0 Å². The molecule has 17 heavy (non-hydrogen) atoms. The number of anilines is 1. The molecular formula is C11H19N3O2S. The molecule has 0 aliphatic carbocycles. The molecule has 96 valence electrons. The smallest absolute Gasteiger partial charge is 0.305 e. The molecule has 0 radical (unpaired) electrons. The molecule has 0 aromatic carbocycles. The van der Waals surface area contributed by atoms with Gasteiger partial charge in [0.25, 0.3) is 0 Å². The van der Waals surface area contributed by atoms with Crippen LogP contribution in [-0.2, 0) is 4.79 Å². The number of hydrogen-bond donors (Lipinski definition) is 1. The van der Waals surface area contributed by atoms with Crippen molar-refractivity contribution in [3.05, 3.63) is 5.01 Å². The van der Waals surface area contributed by atoms with Crippen LogP contribution < -0.4 is 4.90 Å². The average Bonchev–Trinajstić information content (AvgIpc) is 2.66. The lowest BCUT2D eigenvalue weighted by molar-refractivity contribution is -0.136. The summed E-state index contributed by atoms with van der Waals surface area (Å²) in [6, 6.07) is 0.224.